The number of benzene rings is 1. The minimum atomic E-state index is 0.781. The van der Waals surface area contributed by atoms with Gasteiger partial charge in [0.1, 0.15) is 11.3 Å². The van der Waals surface area contributed by atoms with Crippen LogP contribution in [0, 0.1) is 6.92 Å². The van der Waals surface area contributed by atoms with E-state index < -0.39 is 0 Å². The molecular formula is C10H10N2O. The summed E-state index contributed by atoms with van der Waals surface area (Å²) in [5, 5.41) is 8.90. The molecule has 66 valence electrons. The van der Waals surface area contributed by atoms with Gasteiger partial charge in [-0.1, -0.05) is 0 Å². The van der Waals surface area contributed by atoms with Gasteiger partial charge in [-0.15, -0.1) is 5.10 Å². The number of hydrogen-bond donors (Lipinski definition) is 0. The van der Waals surface area contributed by atoms with Gasteiger partial charge in [0.05, 0.1) is 13.3 Å². The zero-order chi connectivity index (χ0) is 9.26. The molecule has 0 unspecified atom stereocenters. The summed E-state index contributed by atoms with van der Waals surface area (Å²) in [6.45, 7) is 2.03. The van der Waals surface area contributed by atoms with Crippen molar-refractivity contribution in [2.75, 3.05) is 7.11 Å². The monoisotopic (exact) mass is 174 g/mol. The summed E-state index contributed by atoms with van der Waals surface area (Å²) in [7, 11) is 1.64. The van der Waals surface area contributed by atoms with Gasteiger partial charge < -0.3 is 4.74 Å². The molecule has 0 spiro atoms. The van der Waals surface area contributed by atoms with Crippen LogP contribution in [0.25, 0.3) is 10.9 Å². The van der Waals surface area contributed by atoms with E-state index in [2.05, 4.69) is 16.3 Å². The Morgan fingerprint density at radius 3 is 2.92 bits per heavy atom. The second-order valence-electron chi connectivity index (χ2n) is 2.94. The van der Waals surface area contributed by atoms with Crippen LogP contribution < -0.4 is 4.74 Å². The molecular weight excluding hydrogens is 164 g/mol. The molecule has 0 fully saturated rings. The van der Waals surface area contributed by atoms with Gasteiger partial charge >= 0.3 is 0 Å². The Morgan fingerprint density at radius 1 is 1.31 bits per heavy atom. The van der Waals surface area contributed by atoms with Crippen molar-refractivity contribution < 1.29 is 4.74 Å². The van der Waals surface area contributed by atoms with E-state index in [0.717, 1.165) is 22.2 Å². The summed E-state index contributed by atoms with van der Waals surface area (Å²) < 4.78 is 5.21. The van der Waals surface area contributed by atoms with Crippen molar-refractivity contribution in [3.63, 3.8) is 0 Å². The van der Waals surface area contributed by atoms with Gasteiger partial charge in [-0.2, -0.15) is 5.10 Å². The standard InChI is InChI=1S/C10H10N2O/c1-7-5-8-3-4-11-12-10(8)9(6-7)13-2/h3-6H,1-2H3. The Kier molecular flexibility index (Phi) is 1.85. The molecule has 3 heteroatoms. The van der Waals surface area contributed by atoms with Crippen molar-refractivity contribution in [1.82, 2.24) is 10.2 Å². The third-order valence-corrected chi connectivity index (χ3v) is 1.95. The lowest BCUT2D eigenvalue weighted by molar-refractivity contribution is 0.418. The summed E-state index contributed by atoms with van der Waals surface area (Å²) >= 11 is 0. The summed E-state index contributed by atoms with van der Waals surface area (Å²) in [5.41, 5.74) is 1.98. The molecule has 0 saturated carbocycles. The maximum Gasteiger partial charge on any atom is 0.147 e. The minimum absolute atomic E-state index is 0.781. The lowest BCUT2D eigenvalue weighted by Crippen LogP contribution is -1.90. The largest absolute Gasteiger partial charge is 0.494 e. The van der Waals surface area contributed by atoms with Crippen LogP contribution in [0.2, 0.25) is 0 Å². The van der Waals surface area contributed by atoms with Crippen LogP contribution in [0.15, 0.2) is 24.4 Å². The third kappa shape index (κ3) is 1.33. The van der Waals surface area contributed by atoms with Gasteiger partial charge in [0.25, 0.3) is 0 Å². The zero-order valence-electron chi connectivity index (χ0n) is 7.61. The lowest BCUT2D eigenvalue weighted by atomic mass is 10.1. The molecule has 0 aliphatic heterocycles. The van der Waals surface area contributed by atoms with E-state index in [-0.39, 0.29) is 0 Å². The van der Waals surface area contributed by atoms with Crippen molar-refractivity contribution in [3.8, 4) is 5.75 Å². The SMILES string of the molecule is COc1cc(C)cc2ccnnc12. The highest BCUT2D eigenvalue weighted by atomic mass is 16.5. The number of methoxy groups -OCH3 is 1. The van der Waals surface area contributed by atoms with Gasteiger partial charge in [-0.25, -0.2) is 0 Å². The first-order valence-electron chi connectivity index (χ1n) is 4.07. The number of aryl methyl sites for hydroxylation is 1. The molecule has 0 N–H and O–H groups in total. The van der Waals surface area contributed by atoms with Crippen LogP contribution in [0.1, 0.15) is 5.56 Å². The smallest absolute Gasteiger partial charge is 0.147 e. The zero-order valence-corrected chi connectivity index (χ0v) is 7.61. The first-order valence-corrected chi connectivity index (χ1v) is 4.07. The molecule has 0 bridgehead atoms. The fourth-order valence-corrected chi connectivity index (χ4v) is 1.37. The van der Waals surface area contributed by atoms with E-state index >= 15 is 0 Å². The van der Waals surface area contributed by atoms with Crippen LogP contribution in [0.4, 0.5) is 0 Å². The molecule has 0 amide bonds. The van der Waals surface area contributed by atoms with Crippen LogP contribution >= 0.6 is 0 Å². The van der Waals surface area contributed by atoms with Crippen molar-refractivity contribution in [2.24, 2.45) is 0 Å². The van der Waals surface area contributed by atoms with E-state index in [1.807, 2.05) is 19.1 Å². The highest BCUT2D eigenvalue weighted by Gasteiger charge is 2.02. The van der Waals surface area contributed by atoms with Crippen molar-refractivity contribution in [2.45, 2.75) is 6.92 Å². The number of rotatable bonds is 1. The molecule has 0 aliphatic rings. The van der Waals surface area contributed by atoms with E-state index in [4.69, 9.17) is 4.74 Å². The third-order valence-electron chi connectivity index (χ3n) is 1.95. The van der Waals surface area contributed by atoms with Crippen molar-refractivity contribution >= 4 is 10.9 Å². The Bertz CT molecular complexity index is 440. The Morgan fingerprint density at radius 2 is 2.15 bits per heavy atom. The predicted molar refractivity (Wildman–Crippen MR) is 50.8 cm³/mol. The topological polar surface area (TPSA) is 35.0 Å². The molecule has 2 rings (SSSR count). The fraction of sp³-hybridized carbons (Fsp3) is 0.200. The second kappa shape index (κ2) is 3.01. The normalized spacial score (nSPS) is 10.3. The Labute approximate surface area is 76.4 Å². The molecule has 1 heterocycles. The van der Waals surface area contributed by atoms with Crippen molar-refractivity contribution in [3.05, 3.63) is 30.0 Å². The predicted octanol–water partition coefficient (Wildman–Crippen LogP) is 1.95. The molecule has 0 saturated heterocycles. The molecule has 13 heavy (non-hydrogen) atoms. The fourth-order valence-electron chi connectivity index (χ4n) is 1.37. The van der Waals surface area contributed by atoms with E-state index in [1.54, 1.807) is 13.3 Å². The van der Waals surface area contributed by atoms with Crippen molar-refractivity contribution in [1.29, 1.82) is 0 Å². The summed E-state index contributed by atoms with van der Waals surface area (Å²) in [6, 6.07) is 5.95. The van der Waals surface area contributed by atoms with E-state index in [0.29, 0.717) is 0 Å². The molecule has 3 nitrogen and oxygen atoms in total. The van der Waals surface area contributed by atoms with Crippen LogP contribution in [-0.2, 0) is 0 Å². The maximum absolute atomic E-state index is 5.21. The highest BCUT2D eigenvalue weighted by Crippen LogP contribution is 2.23. The summed E-state index contributed by atoms with van der Waals surface area (Å²) in [6.07, 6.45) is 1.68. The summed E-state index contributed by atoms with van der Waals surface area (Å²) in [5.74, 6) is 0.781. The number of ether oxygens (including phenoxy) is 1. The van der Waals surface area contributed by atoms with Gasteiger partial charge in [0, 0.05) is 5.39 Å². The Balaban J connectivity index is 2.81. The average Bonchev–Trinajstić information content (AvgIpc) is 2.16. The Hall–Kier alpha value is -1.64. The molecule has 1 aromatic carbocycles. The lowest BCUT2D eigenvalue weighted by Gasteiger charge is -2.04. The average molecular weight is 174 g/mol. The number of nitrogens with zero attached hydrogens (tertiary/aromatic N) is 2. The number of fused-ring (bicyclic) bond motifs is 1. The molecule has 2 aromatic rings. The van der Waals surface area contributed by atoms with Crippen LogP contribution in [0.3, 0.4) is 0 Å². The first kappa shape index (κ1) is 7.98. The number of aromatic nitrogens is 2. The quantitative estimate of drug-likeness (QED) is 0.662. The molecule has 0 atom stereocenters. The van der Waals surface area contributed by atoms with Crippen LogP contribution in [0.5, 0.6) is 5.75 Å². The van der Waals surface area contributed by atoms with Gasteiger partial charge in [0.15, 0.2) is 0 Å². The molecule has 0 radical (unpaired) electrons. The minimum Gasteiger partial charge on any atom is -0.494 e. The van der Waals surface area contributed by atoms with Gasteiger partial charge in [-0.3, -0.25) is 0 Å². The van der Waals surface area contributed by atoms with Crippen LogP contribution in [-0.4, -0.2) is 17.3 Å². The first-order chi connectivity index (χ1) is 6.31. The highest BCUT2D eigenvalue weighted by molar-refractivity contribution is 5.84. The second-order valence-corrected chi connectivity index (χ2v) is 2.94. The van der Waals surface area contributed by atoms with Gasteiger partial charge in [0.2, 0.25) is 0 Å². The maximum atomic E-state index is 5.21. The van der Waals surface area contributed by atoms with Gasteiger partial charge in [-0.05, 0) is 30.7 Å². The molecule has 0 aliphatic carbocycles. The molecule has 1 aromatic heterocycles. The summed E-state index contributed by atoms with van der Waals surface area (Å²) in [4.78, 5) is 0. The van der Waals surface area contributed by atoms with E-state index in [1.165, 1.54) is 0 Å². The number of hydrogen-bond acceptors (Lipinski definition) is 3. The van der Waals surface area contributed by atoms with E-state index in [9.17, 15) is 0 Å².